The molecule has 0 amide bonds. The monoisotopic (exact) mass is 757 g/mol. The van der Waals surface area contributed by atoms with Gasteiger partial charge in [-0.05, 0) is 20.3 Å². The lowest BCUT2D eigenvalue weighted by molar-refractivity contribution is -0.0733. The van der Waals surface area contributed by atoms with Crippen LogP contribution in [0.2, 0.25) is 0 Å². The van der Waals surface area contributed by atoms with Crippen LogP contribution in [0.5, 0.6) is 0 Å². The first-order valence-electron chi connectivity index (χ1n) is 20.3. The van der Waals surface area contributed by atoms with E-state index >= 15 is 0 Å². The third-order valence-corrected chi connectivity index (χ3v) is 7.98. The summed E-state index contributed by atoms with van der Waals surface area (Å²) in [6.45, 7) is 17.8. The number of unbranched alkanes of at least 4 members (excludes halogenated alkanes) is 10. The molecule has 52 heavy (non-hydrogen) atoms. The minimum atomic E-state index is 0.0265. The molecular formula is C39H80O13. The normalized spacial score (nSPS) is 12.9. The van der Waals surface area contributed by atoms with E-state index in [0.717, 1.165) is 13.0 Å². The summed E-state index contributed by atoms with van der Waals surface area (Å²) in [5.74, 6) is 0. The van der Waals surface area contributed by atoms with Crippen LogP contribution in [-0.4, -0.2) is 169 Å². The Labute approximate surface area is 317 Å². The quantitative estimate of drug-likeness (QED) is 0.0811. The van der Waals surface area contributed by atoms with Gasteiger partial charge in [0.15, 0.2) is 0 Å². The topological polar surface area (TPSA) is 131 Å². The Hall–Kier alpha value is -0.520. The van der Waals surface area contributed by atoms with Gasteiger partial charge in [0.2, 0.25) is 0 Å². The average molecular weight is 757 g/mol. The lowest BCUT2D eigenvalue weighted by Gasteiger charge is -2.21. The van der Waals surface area contributed by atoms with Gasteiger partial charge in [0.05, 0.1) is 158 Å². The molecule has 0 rings (SSSR count). The van der Waals surface area contributed by atoms with E-state index in [9.17, 15) is 0 Å². The van der Waals surface area contributed by atoms with E-state index in [0.29, 0.717) is 139 Å². The van der Waals surface area contributed by atoms with Gasteiger partial charge in [0.25, 0.3) is 0 Å². The molecule has 0 aliphatic carbocycles. The summed E-state index contributed by atoms with van der Waals surface area (Å²) in [7, 11) is 0. The number of hydrogen-bond donors (Lipinski definition) is 1. The van der Waals surface area contributed by atoms with Crippen LogP contribution >= 0.6 is 0 Å². The molecule has 0 aromatic carbocycles. The number of hydrogen-bond acceptors (Lipinski definition) is 13. The largest absolute Gasteiger partial charge is 0.394 e. The molecule has 0 aromatic heterocycles. The van der Waals surface area contributed by atoms with Crippen molar-refractivity contribution in [2.24, 2.45) is 0 Å². The molecular weight excluding hydrogens is 676 g/mol. The Morgan fingerprint density at radius 1 is 0.288 bits per heavy atom. The molecule has 0 saturated carbocycles. The number of rotatable bonds is 47. The molecule has 0 heterocycles. The second-order valence-electron chi connectivity index (χ2n) is 12.5. The van der Waals surface area contributed by atoms with Gasteiger partial charge < -0.3 is 61.9 Å². The molecule has 0 saturated heterocycles. The molecule has 0 aliphatic rings. The van der Waals surface area contributed by atoms with Crippen molar-refractivity contribution >= 4 is 0 Å². The maximum atomic E-state index is 8.59. The third kappa shape index (κ3) is 43.9. The van der Waals surface area contributed by atoms with Crippen molar-refractivity contribution in [2.45, 2.75) is 104 Å². The number of aliphatic hydroxyl groups excluding tert-OH is 1. The zero-order valence-electron chi connectivity index (χ0n) is 33.5. The first kappa shape index (κ1) is 51.5. The molecule has 314 valence electrons. The van der Waals surface area contributed by atoms with Gasteiger partial charge in [0.1, 0.15) is 0 Å². The van der Waals surface area contributed by atoms with Crippen LogP contribution in [0.1, 0.15) is 91.4 Å². The summed E-state index contributed by atoms with van der Waals surface area (Å²) < 4.78 is 66.3. The standard InChI is InChI=1S/C39H80O13/c1-4-5-6-7-8-9-10-11-12-13-14-16-51-38(2)39(3)52-37-36-50-35-34-49-33-32-48-31-30-47-29-28-46-27-26-45-25-24-44-23-22-43-21-20-42-19-18-41-17-15-40/h38-40H,4-37H2,1-3H3. The lowest BCUT2D eigenvalue weighted by atomic mass is 10.1. The first-order chi connectivity index (χ1) is 25.7. The number of aliphatic hydroxyl groups is 1. The molecule has 1 N–H and O–H groups in total. The highest BCUT2D eigenvalue weighted by Gasteiger charge is 2.12. The Kier molecular flexibility index (Phi) is 46.2. The van der Waals surface area contributed by atoms with Gasteiger partial charge in [0, 0.05) is 6.61 Å². The molecule has 0 aromatic rings. The van der Waals surface area contributed by atoms with Crippen LogP contribution in [0.25, 0.3) is 0 Å². The molecule has 0 spiro atoms. The van der Waals surface area contributed by atoms with E-state index in [1.54, 1.807) is 0 Å². The minimum Gasteiger partial charge on any atom is -0.394 e. The van der Waals surface area contributed by atoms with Crippen LogP contribution in [0.4, 0.5) is 0 Å². The van der Waals surface area contributed by atoms with Crippen LogP contribution in [0.15, 0.2) is 0 Å². The Bertz CT molecular complexity index is 635. The van der Waals surface area contributed by atoms with E-state index in [2.05, 4.69) is 20.8 Å². The fourth-order valence-corrected chi connectivity index (χ4v) is 4.75. The smallest absolute Gasteiger partial charge is 0.0807 e. The van der Waals surface area contributed by atoms with Gasteiger partial charge in [-0.3, -0.25) is 0 Å². The maximum Gasteiger partial charge on any atom is 0.0807 e. The van der Waals surface area contributed by atoms with Gasteiger partial charge in [-0.2, -0.15) is 0 Å². The van der Waals surface area contributed by atoms with Crippen molar-refractivity contribution < 1.29 is 61.9 Å². The average Bonchev–Trinajstić information content (AvgIpc) is 3.15. The lowest BCUT2D eigenvalue weighted by Crippen LogP contribution is -2.28. The van der Waals surface area contributed by atoms with Gasteiger partial charge in [-0.1, -0.05) is 71.1 Å². The SMILES string of the molecule is CCCCCCCCCCCCCOC(C)C(C)OCCOCCOCCOCCOCCOCCOCCOCCOCCOCCOCCO. The van der Waals surface area contributed by atoms with Crippen LogP contribution in [0, 0.1) is 0 Å². The summed E-state index contributed by atoms with van der Waals surface area (Å²) >= 11 is 0. The highest BCUT2D eigenvalue weighted by molar-refractivity contribution is 4.60. The maximum absolute atomic E-state index is 8.59. The van der Waals surface area contributed by atoms with Crippen molar-refractivity contribution in [3.63, 3.8) is 0 Å². The van der Waals surface area contributed by atoms with E-state index in [1.165, 1.54) is 64.2 Å². The molecule has 2 atom stereocenters. The predicted octanol–water partition coefficient (Wildman–Crippen LogP) is 5.27. The fourth-order valence-electron chi connectivity index (χ4n) is 4.75. The van der Waals surface area contributed by atoms with E-state index < -0.39 is 0 Å². The highest BCUT2D eigenvalue weighted by atomic mass is 16.6. The van der Waals surface area contributed by atoms with E-state index in [4.69, 9.17) is 61.9 Å². The summed E-state index contributed by atoms with van der Waals surface area (Å²) in [5.41, 5.74) is 0. The molecule has 0 fully saturated rings. The molecule has 13 nitrogen and oxygen atoms in total. The third-order valence-electron chi connectivity index (χ3n) is 7.98. The number of ether oxygens (including phenoxy) is 12. The van der Waals surface area contributed by atoms with Gasteiger partial charge in [-0.25, -0.2) is 0 Å². The van der Waals surface area contributed by atoms with Crippen LogP contribution in [0.3, 0.4) is 0 Å². The molecule has 2 unspecified atom stereocenters. The second kappa shape index (κ2) is 46.6. The zero-order valence-corrected chi connectivity index (χ0v) is 33.5. The van der Waals surface area contributed by atoms with Crippen LogP contribution < -0.4 is 0 Å². The Morgan fingerprint density at radius 2 is 0.519 bits per heavy atom. The summed E-state index contributed by atoms with van der Waals surface area (Å²) in [6, 6.07) is 0. The first-order valence-corrected chi connectivity index (χ1v) is 20.3. The molecule has 13 heteroatoms. The van der Waals surface area contributed by atoms with Gasteiger partial charge >= 0.3 is 0 Å². The molecule has 0 bridgehead atoms. The second-order valence-corrected chi connectivity index (χ2v) is 12.5. The summed E-state index contributed by atoms with van der Waals surface area (Å²) in [5, 5.41) is 8.59. The zero-order chi connectivity index (χ0) is 37.7. The minimum absolute atomic E-state index is 0.0265. The van der Waals surface area contributed by atoms with E-state index in [-0.39, 0.29) is 18.8 Å². The highest BCUT2D eigenvalue weighted by Crippen LogP contribution is 2.12. The molecule has 0 radical (unpaired) electrons. The Balaban J connectivity index is 3.19. The fraction of sp³-hybridized carbons (Fsp3) is 1.00. The van der Waals surface area contributed by atoms with Crippen molar-refractivity contribution in [3.05, 3.63) is 0 Å². The van der Waals surface area contributed by atoms with Crippen molar-refractivity contribution in [2.75, 3.05) is 152 Å². The summed E-state index contributed by atoms with van der Waals surface area (Å²) in [4.78, 5) is 0. The summed E-state index contributed by atoms with van der Waals surface area (Å²) in [6.07, 6.45) is 14.9. The molecule has 0 aliphatic heterocycles. The van der Waals surface area contributed by atoms with Gasteiger partial charge in [-0.15, -0.1) is 0 Å². The van der Waals surface area contributed by atoms with E-state index in [1.807, 2.05) is 0 Å². The predicted molar refractivity (Wildman–Crippen MR) is 203 cm³/mol. The Morgan fingerprint density at radius 3 is 0.808 bits per heavy atom. The van der Waals surface area contributed by atoms with Crippen molar-refractivity contribution in [1.82, 2.24) is 0 Å². The van der Waals surface area contributed by atoms with Crippen molar-refractivity contribution in [1.29, 1.82) is 0 Å². The van der Waals surface area contributed by atoms with Crippen molar-refractivity contribution in [3.8, 4) is 0 Å². The van der Waals surface area contributed by atoms with Crippen LogP contribution in [-0.2, 0) is 56.8 Å².